The molecule has 9 nitrogen and oxygen atoms in total. The van der Waals surface area contributed by atoms with Gasteiger partial charge in [-0.1, -0.05) is 32.9 Å². The summed E-state index contributed by atoms with van der Waals surface area (Å²) in [7, 11) is 1.53. The van der Waals surface area contributed by atoms with E-state index in [0.29, 0.717) is 42.9 Å². The monoisotopic (exact) mass is 483 g/mol. The normalized spacial score (nSPS) is 14.3. The molecule has 2 aromatic rings. The van der Waals surface area contributed by atoms with Crippen molar-refractivity contribution in [3.05, 3.63) is 54.0 Å². The van der Waals surface area contributed by atoms with E-state index in [1.165, 1.54) is 18.2 Å². The van der Waals surface area contributed by atoms with Crippen molar-refractivity contribution in [1.29, 1.82) is 0 Å². The first-order valence-electron chi connectivity index (χ1n) is 11.7. The first kappa shape index (κ1) is 26.0. The van der Waals surface area contributed by atoms with Crippen LogP contribution in [0.25, 0.3) is 0 Å². The Balaban J connectivity index is 1.52. The van der Waals surface area contributed by atoms with Crippen LogP contribution in [0.1, 0.15) is 49.7 Å². The summed E-state index contributed by atoms with van der Waals surface area (Å²) in [5, 5.41) is 2.77. The van der Waals surface area contributed by atoms with Crippen LogP contribution in [-0.2, 0) is 25.7 Å². The molecule has 1 saturated heterocycles. The fourth-order valence-electron chi connectivity index (χ4n) is 3.91. The Hall–Kier alpha value is -3.62. The van der Waals surface area contributed by atoms with Gasteiger partial charge < -0.3 is 24.3 Å². The molecule has 1 N–H and O–H groups in total. The molecule has 35 heavy (non-hydrogen) atoms. The van der Waals surface area contributed by atoms with Crippen LogP contribution in [0.5, 0.6) is 0 Å². The van der Waals surface area contributed by atoms with Crippen LogP contribution in [-0.4, -0.2) is 55.3 Å². The van der Waals surface area contributed by atoms with E-state index < -0.39 is 23.9 Å². The van der Waals surface area contributed by atoms with E-state index in [0.717, 1.165) is 0 Å². The van der Waals surface area contributed by atoms with E-state index >= 15 is 0 Å². The number of ether oxygens (including phenoxy) is 1. The fourth-order valence-corrected chi connectivity index (χ4v) is 3.91. The highest BCUT2D eigenvalue weighted by Gasteiger charge is 2.33. The molecule has 188 valence electrons. The molecule has 1 aromatic carbocycles. The van der Waals surface area contributed by atoms with Crippen molar-refractivity contribution >= 4 is 29.4 Å². The zero-order valence-corrected chi connectivity index (χ0v) is 20.7. The maximum atomic E-state index is 12.8. The number of esters is 1. The van der Waals surface area contributed by atoms with Crippen molar-refractivity contribution in [2.75, 3.05) is 31.6 Å². The van der Waals surface area contributed by atoms with Crippen LogP contribution >= 0.6 is 0 Å². The van der Waals surface area contributed by atoms with E-state index in [9.17, 15) is 19.2 Å². The predicted molar refractivity (Wildman–Crippen MR) is 129 cm³/mol. The standard InChI is InChI=1S/C26H33N3O6/c1-26(2,3)25(33)29-13-11-18(12-14-29)24(32)35-17-22(30)28(4)21-10-6-5-9-20(21)23(31)27-16-19-8-7-15-34-19/h5-10,15,18H,11-14,16-17H2,1-4H3,(H,27,31). The highest BCUT2D eigenvalue weighted by Crippen LogP contribution is 2.25. The zero-order valence-electron chi connectivity index (χ0n) is 20.7. The van der Waals surface area contributed by atoms with Crippen molar-refractivity contribution in [2.24, 2.45) is 11.3 Å². The molecule has 0 spiro atoms. The third-order valence-electron chi connectivity index (χ3n) is 5.98. The third kappa shape index (κ3) is 6.71. The van der Waals surface area contributed by atoms with Crippen molar-refractivity contribution < 1.29 is 28.3 Å². The Morgan fingerprint density at radius 3 is 2.40 bits per heavy atom. The summed E-state index contributed by atoms with van der Waals surface area (Å²) in [5.41, 5.74) is 0.257. The first-order chi connectivity index (χ1) is 16.6. The van der Waals surface area contributed by atoms with Crippen molar-refractivity contribution in [3.63, 3.8) is 0 Å². The lowest BCUT2D eigenvalue weighted by atomic mass is 9.91. The molecule has 1 aliphatic heterocycles. The van der Waals surface area contributed by atoms with E-state index in [-0.39, 0.29) is 24.3 Å². The van der Waals surface area contributed by atoms with Crippen LogP contribution in [0.2, 0.25) is 0 Å². The molecular weight excluding hydrogens is 450 g/mol. The summed E-state index contributed by atoms with van der Waals surface area (Å²) < 4.78 is 10.5. The van der Waals surface area contributed by atoms with Gasteiger partial charge in [-0.25, -0.2) is 0 Å². The molecule has 3 amide bonds. The second-order valence-corrected chi connectivity index (χ2v) is 9.66. The van der Waals surface area contributed by atoms with E-state index in [2.05, 4.69) is 5.32 Å². The van der Waals surface area contributed by atoms with Gasteiger partial charge in [-0.05, 0) is 37.1 Å². The van der Waals surface area contributed by atoms with Gasteiger partial charge in [0.2, 0.25) is 5.91 Å². The van der Waals surface area contributed by atoms with Crippen LogP contribution in [0, 0.1) is 11.3 Å². The van der Waals surface area contributed by atoms with Crippen molar-refractivity contribution in [3.8, 4) is 0 Å². The summed E-state index contributed by atoms with van der Waals surface area (Å²) in [6.07, 6.45) is 2.53. The molecule has 3 rings (SSSR count). The highest BCUT2D eigenvalue weighted by atomic mass is 16.5. The van der Waals surface area contributed by atoms with Gasteiger partial charge in [-0.2, -0.15) is 0 Å². The van der Waals surface area contributed by atoms with Gasteiger partial charge in [-0.15, -0.1) is 0 Å². The highest BCUT2D eigenvalue weighted by molar-refractivity contribution is 6.05. The van der Waals surface area contributed by atoms with Gasteiger partial charge in [0.25, 0.3) is 11.8 Å². The molecule has 0 unspecified atom stereocenters. The lowest BCUT2D eigenvalue weighted by Gasteiger charge is -2.35. The van der Waals surface area contributed by atoms with Crippen molar-refractivity contribution in [1.82, 2.24) is 10.2 Å². The Kier molecular flexibility index (Phi) is 8.32. The van der Waals surface area contributed by atoms with Gasteiger partial charge in [0, 0.05) is 25.6 Å². The summed E-state index contributed by atoms with van der Waals surface area (Å²) in [4.78, 5) is 53.5. The maximum Gasteiger partial charge on any atom is 0.309 e. The first-order valence-corrected chi connectivity index (χ1v) is 11.7. The second kappa shape index (κ2) is 11.2. The van der Waals surface area contributed by atoms with Crippen LogP contribution in [0.15, 0.2) is 47.1 Å². The Bertz CT molecular complexity index is 1050. The lowest BCUT2D eigenvalue weighted by molar-refractivity contribution is -0.155. The quantitative estimate of drug-likeness (QED) is 0.607. The summed E-state index contributed by atoms with van der Waals surface area (Å²) in [6, 6.07) is 10.2. The van der Waals surface area contributed by atoms with Gasteiger partial charge >= 0.3 is 5.97 Å². The number of benzene rings is 1. The maximum absolute atomic E-state index is 12.8. The van der Waals surface area contributed by atoms with Gasteiger partial charge in [0.05, 0.1) is 30.0 Å². The Morgan fingerprint density at radius 1 is 1.09 bits per heavy atom. The lowest BCUT2D eigenvalue weighted by Crippen LogP contribution is -2.45. The Morgan fingerprint density at radius 2 is 1.77 bits per heavy atom. The number of piperidine rings is 1. The molecular formula is C26H33N3O6. The predicted octanol–water partition coefficient (Wildman–Crippen LogP) is 3.00. The smallest absolute Gasteiger partial charge is 0.309 e. The van der Waals surface area contributed by atoms with Crippen LogP contribution < -0.4 is 10.2 Å². The number of amides is 3. The largest absolute Gasteiger partial charge is 0.467 e. The average Bonchev–Trinajstić information content (AvgIpc) is 3.38. The van der Waals surface area contributed by atoms with Crippen LogP contribution in [0.4, 0.5) is 5.69 Å². The number of carbonyl (C=O) groups excluding carboxylic acids is 4. The molecule has 9 heteroatoms. The van der Waals surface area contributed by atoms with Crippen molar-refractivity contribution in [2.45, 2.75) is 40.2 Å². The number of nitrogens with one attached hydrogen (secondary N) is 1. The number of nitrogens with zero attached hydrogens (tertiary/aromatic N) is 2. The molecule has 0 radical (unpaired) electrons. The average molecular weight is 484 g/mol. The molecule has 0 saturated carbocycles. The SMILES string of the molecule is CN(C(=O)COC(=O)C1CCN(C(=O)C(C)(C)C)CC1)c1ccccc1C(=O)NCc1ccco1. The fraction of sp³-hybridized carbons (Fsp3) is 0.462. The Labute approximate surface area is 205 Å². The topological polar surface area (TPSA) is 109 Å². The number of carbonyl (C=O) groups is 4. The number of furan rings is 1. The minimum atomic E-state index is -0.462. The third-order valence-corrected chi connectivity index (χ3v) is 5.98. The van der Waals surface area contributed by atoms with E-state index in [4.69, 9.17) is 9.15 Å². The number of likely N-dealkylation sites (tertiary alicyclic amines) is 1. The van der Waals surface area contributed by atoms with Gasteiger partial charge in [0.1, 0.15) is 5.76 Å². The summed E-state index contributed by atoms with van der Waals surface area (Å²) in [6.45, 7) is 6.39. The number of likely N-dealkylation sites (N-methyl/N-ethyl adjacent to an activating group) is 1. The molecule has 0 aliphatic carbocycles. The number of rotatable bonds is 7. The molecule has 2 heterocycles. The second-order valence-electron chi connectivity index (χ2n) is 9.66. The molecule has 1 aliphatic rings. The minimum Gasteiger partial charge on any atom is -0.467 e. The van der Waals surface area contributed by atoms with E-state index in [1.54, 1.807) is 41.3 Å². The van der Waals surface area contributed by atoms with Crippen LogP contribution in [0.3, 0.4) is 0 Å². The minimum absolute atomic E-state index is 0.0629. The molecule has 0 atom stereocenters. The number of para-hydroxylation sites is 1. The molecule has 1 fully saturated rings. The van der Waals surface area contributed by atoms with Gasteiger partial charge in [0.15, 0.2) is 6.61 Å². The molecule has 0 bridgehead atoms. The number of hydrogen-bond donors (Lipinski definition) is 1. The molecule has 1 aromatic heterocycles. The summed E-state index contributed by atoms with van der Waals surface area (Å²) in [5.74, 6) is -0.931. The number of hydrogen-bond acceptors (Lipinski definition) is 6. The van der Waals surface area contributed by atoms with Gasteiger partial charge in [-0.3, -0.25) is 19.2 Å². The number of anilines is 1. The summed E-state index contributed by atoms with van der Waals surface area (Å²) >= 11 is 0. The van der Waals surface area contributed by atoms with E-state index in [1.807, 2.05) is 20.8 Å². The zero-order chi connectivity index (χ0) is 25.6.